The molecule has 0 spiro atoms. The third-order valence-electron chi connectivity index (χ3n) is 4.67. The van der Waals surface area contributed by atoms with Gasteiger partial charge in [0.15, 0.2) is 0 Å². The average Bonchev–Trinajstić information content (AvgIpc) is 2.65. The smallest absolute Gasteiger partial charge is 0.00229 e. The molecule has 0 aliphatic rings. The Morgan fingerprint density at radius 2 is 1.12 bits per heavy atom. The van der Waals surface area contributed by atoms with Crippen LogP contribution in [-0.2, 0) is 25.2 Å². The van der Waals surface area contributed by atoms with Crippen molar-refractivity contribution in [2.24, 2.45) is 0 Å². The average molecular weight is 364 g/mol. The molecule has 3 aromatic rings. The van der Waals surface area contributed by atoms with Gasteiger partial charge in [-0.3, -0.25) is 0 Å². The Morgan fingerprint density at radius 3 is 1.76 bits per heavy atom. The lowest BCUT2D eigenvalue weighted by Gasteiger charge is -2.11. The monoisotopic (exact) mass is 364 g/mol. The molecule has 0 radical (unpaired) electrons. The Hall–Kier alpha value is -1.48. The van der Waals surface area contributed by atoms with Gasteiger partial charge in [0.1, 0.15) is 0 Å². The minimum Gasteiger partial charge on any atom is -0.133 e. The van der Waals surface area contributed by atoms with Crippen molar-refractivity contribution < 1.29 is 0 Å². The third kappa shape index (κ3) is 5.01. The van der Waals surface area contributed by atoms with Crippen LogP contribution in [0.5, 0.6) is 0 Å². The molecule has 0 amide bonds. The first-order valence-corrected chi connectivity index (χ1v) is 10.5. The first-order valence-electron chi connectivity index (χ1n) is 8.82. The van der Waals surface area contributed by atoms with E-state index < -0.39 is 0 Å². The van der Waals surface area contributed by atoms with E-state index in [1.54, 1.807) is 0 Å². The van der Waals surface area contributed by atoms with E-state index >= 15 is 0 Å². The van der Waals surface area contributed by atoms with Crippen molar-refractivity contribution in [1.82, 2.24) is 0 Å². The van der Waals surface area contributed by atoms with E-state index in [9.17, 15) is 0 Å². The number of rotatable bonds is 6. The second-order valence-electron chi connectivity index (χ2n) is 6.67. The van der Waals surface area contributed by atoms with Crippen LogP contribution in [0.3, 0.4) is 0 Å². The highest BCUT2D eigenvalue weighted by Gasteiger charge is 2.05. The van der Waals surface area contributed by atoms with E-state index in [1.807, 2.05) is 0 Å². The molecule has 3 rings (SSSR count). The summed E-state index contributed by atoms with van der Waals surface area (Å²) in [7, 11) is 5.66. The topological polar surface area (TPSA) is 0 Å². The molecule has 0 fully saturated rings. The van der Waals surface area contributed by atoms with Gasteiger partial charge in [-0.1, -0.05) is 72.3 Å². The first-order chi connectivity index (χ1) is 12.2. The molecule has 0 aromatic heterocycles. The number of hydrogen-bond donors (Lipinski definition) is 0. The molecular formula is C23H26P2. The molecule has 0 heterocycles. The van der Waals surface area contributed by atoms with Gasteiger partial charge in [-0.25, -0.2) is 0 Å². The maximum absolute atomic E-state index is 2.88. The van der Waals surface area contributed by atoms with Crippen molar-refractivity contribution in [3.8, 4) is 0 Å². The van der Waals surface area contributed by atoms with E-state index in [4.69, 9.17) is 0 Å². The highest BCUT2D eigenvalue weighted by molar-refractivity contribution is 7.15. The molecule has 2 heteroatoms. The summed E-state index contributed by atoms with van der Waals surface area (Å²) in [6.07, 6.45) is 4.03. The van der Waals surface area contributed by atoms with Crippen molar-refractivity contribution in [3.05, 3.63) is 106 Å². The van der Waals surface area contributed by atoms with Crippen LogP contribution in [0.25, 0.3) is 0 Å². The van der Waals surface area contributed by atoms with Crippen molar-refractivity contribution in [2.45, 2.75) is 32.1 Å². The van der Waals surface area contributed by atoms with Gasteiger partial charge < -0.3 is 0 Å². The van der Waals surface area contributed by atoms with E-state index in [0.717, 1.165) is 25.2 Å². The van der Waals surface area contributed by atoms with Crippen LogP contribution in [0.15, 0.2) is 66.7 Å². The summed E-state index contributed by atoms with van der Waals surface area (Å²) < 4.78 is 0. The molecule has 128 valence electrons. The highest BCUT2D eigenvalue weighted by atomic mass is 31.0. The fourth-order valence-electron chi connectivity index (χ4n) is 3.11. The summed E-state index contributed by atoms with van der Waals surface area (Å²) in [5.74, 6) is 0. The van der Waals surface area contributed by atoms with E-state index in [-0.39, 0.29) is 0 Å². The van der Waals surface area contributed by atoms with Crippen LogP contribution >= 0.6 is 18.5 Å². The molecular weight excluding hydrogens is 338 g/mol. The summed E-state index contributed by atoms with van der Waals surface area (Å²) >= 11 is 0. The molecule has 25 heavy (non-hydrogen) atoms. The Balaban J connectivity index is 1.77. The van der Waals surface area contributed by atoms with E-state index in [1.165, 1.54) is 38.9 Å². The predicted octanol–water partition coefficient (Wildman–Crippen LogP) is 5.93. The third-order valence-corrected chi connectivity index (χ3v) is 5.58. The fraction of sp³-hybridized carbons (Fsp3) is 0.217. The molecule has 0 aliphatic heterocycles. The lowest BCUT2D eigenvalue weighted by atomic mass is 9.95. The van der Waals surface area contributed by atoms with Gasteiger partial charge in [0.05, 0.1) is 0 Å². The van der Waals surface area contributed by atoms with Crippen LogP contribution in [0.1, 0.15) is 38.9 Å². The SMILES string of the molecule is Cc1ccc(Cc2ccc(Cc3ccc(CP)cc3)cc2CP)cc1. The zero-order valence-corrected chi connectivity index (χ0v) is 17.1. The fourth-order valence-corrected chi connectivity index (χ4v) is 3.76. The Kier molecular flexibility index (Phi) is 6.41. The van der Waals surface area contributed by atoms with Crippen molar-refractivity contribution in [3.63, 3.8) is 0 Å². The molecule has 2 unspecified atom stereocenters. The second-order valence-corrected chi connectivity index (χ2v) is 7.48. The highest BCUT2D eigenvalue weighted by Crippen LogP contribution is 2.21. The Labute approximate surface area is 156 Å². The zero-order valence-electron chi connectivity index (χ0n) is 14.8. The summed E-state index contributed by atoms with van der Waals surface area (Å²) in [6, 6.07) is 24.8. The molecule has 0 N–H and O–H groups in total. The van der Waals surface area contributed by atoms with Crippen LogP contribution in [-0.4, -0.2) is 0 Å². The van der Waals surface area contributed by atoms with Crippen LogP contribution < -0.4 is 0 Å². The summed E-state index contributed by atoms with van der Waals surface area (Å²) in [4.78, 5) is 0. The van der Waals surface area contributed by atoms with Gasteiger partial charge in [-0.2, -0.15) is 0 Å². The van der Waals surface area contributed by atoms with Gasteiger partial charge in [0, 0.05) is 0 Å². The van der Waals surface area contributed by atoms with Crippen LogP contribution in [0.4, 0.5) is 0 Å². The number of benzene rings is 3. The largest absolute Gasteiger partial charge is 0.133 e. The Morgan fingerprint density at radius 1 is 0.560 bits per heavy atom. The number of aryl methyl sites for hydroxylation is 1. The minimum absolute atomic E-state index is 1.000. The van der Waals surface area contributed by atoms with Crippen LogP contribution in [0, 0.1) is 6.92 Å². The first kappa shape index (κ1) is 18.3. The maximum Gasteiger partial charge on any atom is -0.00229 e. The van der Waals surface area contributed by atoms with Gasteiger partial charge >= 0.3 is 0 Å². The summed E-state index contributed by atoms with van der Waals surface area (Å²) in [5.41, 5.74) is 9.70. The van der Waals surface area contributed by atoms with Crippen molar-refractivity contribution in [2.75, 3.05) is 0 Å². The van der Waals surface area contributed by atoms with Crippen LogP contribution in [0.2, 0.25) is 0 Å². The maximum atomic E-state index is 2.88. The summed E-state index contributed by atoms with van der Waals surface area (Å²) in [6.45, 7) is 2.14. The van der Waals surface area contributed by atoms with Gasteiger partial charge in [-0.15, -0.1) is 18.5 Å². The van der Waals surface area contributed by atoms with E-state index in [0.29, 0.717) is 0 Å². The molecule has 0 saturated carbocycles. The number of hydrogen-bond acceptors (Lipinski definition) is 0. The molecule has 0 bridgehead atoms. The van der Waals surface area contributed by atoms with Crippen molar-refractivity contribution in [1.29, 1.82) is 0 Å². The lowest BCUT2D eigenvalue weighted by Crippen LogP contribution is -1.97. The quantitative estimate of drug-likeness (QED) is 0.476. The molecule has 3 aromatic carbocycles. The Bertz CT molecular complexity index is 818. The van der Waals surface area contributed by atoms with Crippen molar-refractivity contribution >= 4 is 18.5 Å². The molecule has 0 saturated heterocycles. The lowest BCUT2D eigenvalue weighted by molar-refractivity contribution is 1.11. The zero-order chi connectivity index (χ0) is 17.6. The minimum atomic E-state index is 1.000. The standard InChI is InChI=1S/C23H26P2/c1-17-2-4-19(5-3-17)13-22-11-10-21(14-23(22)16-25)12-18-6-8-20(15-24)9-7-18/h2-11,14H,12-13,15-16,24-25H2,1H3. The van der Waals surface area contributed by atoms with Gasteiger partial charge in [0.2, 0.25) is 0 Å². The second kappa shape index (κ2) is 8.75. The molecule has 2 atom stereocenters. The van der Waals surface area contributed by atoms with E-state index in [2.05, 4.69) is 92.1 Å². The normalized spacial score (nSPS) is 10.8. The van der Waals surface area contributed by atoms with Gasteiger partial charge in [0.25, 0.3) is 0 Å². The molecule has 0 nitrogen and oxygen atoms in total. The molecule has 0 aliphatic carbocycles. The summed E-state index contributed by atoms with van der Waals surface area (Å²) in [5, 5.41) is 0. The van der Waals surface area contributed by atoms with Gasteiger partial charge in [-0.05, 0) is 65.5 Å². The predicted molar refractivity (Wildman–Crippen MR) is 117 cm³/mol.